The maximum absolute atomic E-state index is 11.1. The third-order valence-electron chi connectivity index (χ3n) is 2.12. The highest BCUT2D eigenvalue weighted by Gasteiger charge is 2.05. The fourth-order valence-electron chi connectivity index (χ4n) is 1.17. The van der Waals surface area contributed by atoms with Crippen LogP contribution in [0.25, 0.3) is 0 Å². The molecule has 0 radical (unpaired) electrons. The van der Waals surface area contributed by atoms with Crippen LogP contribution in [0.3, 0.4) is 0 Å². The van der Waals surface area contributed by atoms with Crippen molar-refractivity contribution in [3.8, 4) is 5.75 Å². The van der Waals surface area contributed by atoms with E-state index >= 15 is 0 Å². The zero-order chi connectivity index (χ0) is 12.1. The number of Topliss-reactive ketones (excluding diaryl/α,β-unsaturated/α-hetero) is 1. The molecule has 0 amide bonds. The molecule has 0 heterocycles. The maximum Gasteiger partial charge on any atom is 0.159 e. The fraction of sp³-hybridized carbons (Fsp3) is 0.308. The number of carbonyl (C=O) groups is 1. The van der Waals surface area contributed by atoms with Gasteiger partial charge in [-0.3, -0.25) is 4.79 Å². The van der Waals surface area contributed by atoms with Gasteiger partial charge < -0.3 is 4.74 Å². The molecule has 0 aromatic heterocycles. The molecule has 0 unspecified atom stereocenters. The molecule has 0 fully saturated rings. The van der Waals surface area contributed by atoms with Gasteiger partial charge in [-0.2, -0.15) is 0 Å². The van der Waals surface area contributed by atoms with Gasteiger partial charge in [0.2, 0.25) is 0 Å². The lowest BCUT2D eigenvalue weighted by Gasteiger charge is -2.08. The first kappa shape index (κ1) is 12.8. The molecule has 1 aromatic rings. The molecule has 86 valence electrons. The van der Waals surface area contributed by atoms with Gasteiger partial charge in [0, 0.05) is 12.0 Å². The summed E-state index contributed by atoms with van der Waals surface area (Å²) in [5.74, 6) is 0.600. The number of benzene rings is 1. The van der Waals surface area contributed by atoms with E-state index in [9.17, 15) is 4.79 Å². The molecule has 0 spiro atoms. The number of hydrogen-bond acceptors (Lipinski definition) is 2. The Morgan fingerprint density at radius 1 is 1.44 bits per heavy atom. The Hall–Kier alpha value is -1.28. The summed E-state index contributed by atoms with van der Waals surface area (Å²) < 4.78 is 5.48. The van der Waals surface area contributed by atoms with Gasteiger partial charge in [-0.25, -0.2) is 0 Å². The van der Waals surface area contributed by atoms with Crippen molar-refractivity contribution < 1.29 is 9.53 Å². The Morgan fingerprint density at radius 3 is 2.62 bits per heavy atom. The molecule has 16 heavy (non-hydrogen) atoms. The van der Waals surface area contributed by atoms with E-state index in [2.05, 4.69) is 6.58 Å². The van der Waals surface area contributed by atoms with Crippen LogP contribution in [0.5, 0.6) is 5.75 Å². The Balaban J connectivity index is 2.68. The van der Waals surface area contributed by atoms with Crippen molar-refractivity contribution >= 4 is 17.4 Å². The van der Waals surface area contributed by atoms with Crippen LogP contribution >= 0.6 is 11.6 Å². The summed E-state index contributed by atoms with van der Waals surface area (Å²) in [4.78, 5) is 11.1. The van der Waals surface area contributed by atoms with Crippen LogP contribution in [-0.4, -0.2) is 12.4 Å². The van der Waals surface area contributed by atoms with Crippen molar-refractivity contribution in [3.05, 3.63) is 40.9 Å². The van der Waals surface area contributed by atoms with Gasteiger partial charge >= 0.3 is 0 Å². The molecular formula is C13H15ClO2. The second-order valence-corrected chi connectivity index (χ2v) is 4.16. The highest BCUT2D eigenvalue weighted by molar-refractivity contribution is 6.32. The predicted molar refractivity (Wildman–Crippen MR) is 66.4 cm³/mol. The standard InChI is InChI=1S/C13H15ClO2/c1-9(2)6-7-16-13-5-4-11(10(3)15)8-12(13)14/h4-5,8H,1,6-7H2,2-3H3. The Kier molecular flexibility index (Phi) is 4.56. The quantitative estimate of drug-likeness (QED) is 0.575. The lowest BCUT2D eigenvalue weighted by molar-refractivity contribution is 0.101. The van der Waals surface area contributed by atoms with Crippen molar-refractivity contribution in [3.63, 3.8) is 0 Å². The highest BCUT2D eigenvalue weighted by Crippen LogP contribution is 2.25. The van der Waals surface area contributed by atoms with Gasteiger partial charge in [-0.15, -0.1) is 6.58 Å². The fourth-order valence-corrected chi connectivity index (χ4v) is 1.41. The maximum atomic E-state index is 11.1. The van der Waals surface area contributed by atoms with E-state index in [1.54, 1.807) is 18.2 Å². The molecule has 2 nitrogen and oxygen atoms in total. The summed E-state index contributed by atoms with van der Waals surface area (Å²) in [5, 5.41) is 0.467. The lowest BCUT2D eigenvalue weighted by atomic mass is 10.1. The van der Waals surface area contributed by atoms with Gasteiger partial charge in [0.25, 0.3) is 0 Å². The molecule has 0 saturated carbocycles. The Labute approximate surface area is 101 Å². The van der Waals surface area contributed by atoms with E-state index in [-0.39, 0.29) is 5.78 Å². The lowest BCUT2D eigenvalue weighted by Crippen LogP contribution is -1.99. The van der Waals surface area contributed by atoms with Crippen LogP contribution in [0.4, 0.5) is 0 Å². The molecule has 1 rings (SSSR count). The number of carbonyl (C=O) groups excluding carboxylic acids is 1. The Bertz CT molecular complexity index is 410. The van der Waals surface area contributed by atoms with Gasteiger partial charge in [-0.05, 0) is 32.0 Å². The average Bonchev–Trinajstić information content (AvgIpc) is 2.19. The first-order chi connectivity index (χ1) is 7.50. The van der Waals surface area contributed by atoms with Gasteiger partial charge in [0.15, 0.2) is 5.78 Å². The second-order valence-electron chi connectivity index (χ2n) is 3.76. The number of ether oxygens (including phenoxy) is 1. The first-order valence-electron chi connectivity index (χ1n) is 5.08. The van der Waals surface area contributed by atoms with Crippen molar-refractivity contribution in [1.29, 1.82) is 0 Å². The molecule has 0 atom stereocenters. The van der Waals surface area contributed by atoms with E-state index in [4.69, 9.17) is 16.3 Å². The summed E-state index contributed by atoms with van der Waals surface area (Å²) in [6, 6.07) is 5.06. The number of ketones is 1. The SMILES string of the molecule is C=C(C)CCOc1ccc(C(C)=O)cc1Cl. The number of halogens is 1. The zero-order valence-electron chi connectivity index (χ0n) is 9.55. The third-order valence-corrected chi connectivity index (χ3v) is 2.42. The second kappa shape index (κ2) is 5.71. The first-order valence-corrected chi connectivity index (χ1v) is 5.46. The minimum absolute atomic E-state index is 0.00427. The molecular weight excluding hydrogens is 224 g/mol. The van der Waals surface area contributed by atoms with Gasteiger partial charge in [-0.1, -0.05) is 17.2 Å². The molecule has 0 bridgehead atoms. The monoisotopic (exact) mass is 238 g/mol. The van der Waals surface area contributed by atoms with E-state index in [0.717, 1.165) is 12.0 Å². The molecule has 0 aliphatic rings. The van der Waals surface area contributed by atoms with Crippen molar-refractivity contribution in [2.24, 2.45) is 0 Å². The number of hydrogen-bond donors (Lipinski definition) is 0. The summed E-state index contributed by atoms with van der Waals surface area (Å²) in [6.07, 6.45) is 0.796. The molecule has 0 saturated heterocycles. The normalized spacial score (nSPS) is 9.94. The van der Waals surface area contributed by atoms with Gasteiger partial charge in [0.05, 0.1) is 11.6 Å². The van der Waals surface area contributed by atoms with E-state index in [1.165, 1.54) is 6.92 Å². The number of rotatable bonds is 5. The van der Waals surface area contributed by atoms with Crippen LogP contribution in [0.2, 0.25) is 5.02 Å². The van der Waals surface area contributed by atoms with Crippen molar-refractivity contribution in [2.75, 3.05) is 6.61 Å². The summed E-state index contributed by atoms with van der Waals surface area (Å²) in [5.41, 5.74) is 1.66. The van der Waals surface area contributed by atoms with Crippen LogP contribution < -0.4 is 4.74 Å². The van der Waals surface area contributed by atoms with Crippen LogP contribution in [0, 0.1) is 0 Å². The summed E-state index contributed by atoms with van der Waals surface area (Å²) in [6.45, 7) is 7.79. The summed E-state index contributed by atoms with van der Waals surface area (Å²) in [7, 11) is 0. The topological polar surface area (TPSA) is 26.3 Å². The van der Waals surface area contributed by atoms with Crippen molar-refractivity contribution in [1.82, 2.24) is 0 Å². The molecule has 3 heteroatoms. The van der Waals surface area contributed by atoms with Crippen LogP contribution in [0.15, 0.2) is 30.4 Å². The molecule has 1 aromatic carbocycles. The third kappa shape index (κ3) is 3.70. The average molecular weight is 239 g/mol. The van der Waals surface area contributed by atoms with Crippen molar-refractivity contribution in [2.45, 2.75) is 20.3 Å². The molecule has 0 N–H and O–H groups in total. The van der Waals surface area contributed by atoms with E-state index in [1.807, 2.05) is 6.92 Å². The van der Waals surface area contributed by atoms with Crippen LogP contribution in [0.1, 0.15) is 30.6 Å². The highest BCUT2D eigenvalue weighted by atomic mass is 35.5. The minimum Gasteiger partial charge on any atom is -0.492 e. The zero-order valence-corrected chi connectivity index (χ0v) is 10.3. The van der Waals surface area contributed by atoms with Crippen LogP contribution in [-0.2, 0) is 0 Å². The van der Waals surface area contributed by atoms with E-state index < -0.39 is 0 Å². The molecule has 0 aliphatic heterocycles. The van der Waals surface area contributed by atoms with Gasteiger partial charge in [0.1, 0.15) is 5.75 Å². The smallest absolute Gasteiger partial charge is 0.159 e. The van der Waals surface area contributed by atoms with E-state index in [0.29, 0.717) is 22.9 Å². The Morgan fingerprint density at radius 2 is 2.12 bits per heavy atom. The minimum atomic E-state index is -0.00427. The summed E-state index contributed by atoms with van der Waals surface area (Å²) >= 11 is 5.99. The largest absolute Gasteiger partial charge is 0.492 e. The molecule has 0 aliphatic carbocycles. The predicted octanol–water partition coefficient (Wildman–Crippen LogP) is 3.89.